The van der Waals surface area contributed by atoms with E-state index in [1.165, 1.54) is 0 Å². The average molecular weight is 249 g/mol. The normalized spacial score (nSPS) is 13.9. The van der Waals surface area contributed by atoms with Gasteiger partial charge in [-0.1, -0.05) is 31.4 Å². The molecule has 0 fully saturated rings. The minimum atomic E-state index is -1.26. The number of nitriles is 1. The minimum Gasteiger partial charge on any atom is -0.463 e. The van der Waals surface area contributed by atoms with Gasteiger partial charge >= 0.3 is 5.97 Å². The van der Waals surface area contributed by atoms with Gasteiger partial charge in [-0.2, -0.15) is 5.26 Å². The third kappa shape index (κ3) is 4.88. The Morgan fingerprint density at radius 2 is 2.17 bits per heavy atom. The summed E-state index contributed by atoms with van der Waals surface area (Å²) < 4.78 is 9.77. The fourth-order valence-corrected chi connectivity index (χ4v) is 1.37. The smallest absolute Gasteiger partial charge is 0.351 e. The zero-order chi connectivity index (χ0) is 14.0. The van der Waals surface area contributed by atoms with Gasteiger partial charge in [0.1, 0.15) is 0 Å². The van der Waals surface area contributed by atoms with Crippen molar-refractivity contribution in [3.05, 3.63) is 37.0 Å². The van der Waals surface area contributed by atoms with Crippen molar-refractivity contribution in [2.75, 3.05) is 6.61 Å². The summed E-state index contributed by atoms with van der Waals surface area (Å²) in [5, 5.41) is 8.61. The van der Waals surface area contributed by atoms with Crippen LogP contribution in [0.1, 0.15) is 26.7 Å². The van der Waals surface area contributed by atoms with Crippen molar-refractivity contribution in [1.82, 2.24) is 0 Å². The Kier molecular flexibility index (Phi) is 7.22. The Morgan fingerprint density at radius 1 is 1.50 bits per heavy atom. The molecule has 0 spiro atoms. The number of nitrogens with zero attached hydrogens (tertiary/aromatic N) is 1. The van der Waals surface area contributed by atoms with E-state index in [2.05, 4.69) is 13.2 Å². The van der Waals surface area contributed by atoms with Crippen molar-refractivity contribution in [1.29, 1.82) is 5.26 Å². The van der Waals surface area contributed by atoms with Crippen molar-refractivity contribution in [2.24, 2.45) is 0 Å². The maximum Gasteiger partial charge on any atom is 0.351 e. The van der Waals surface area contributed by atoms with Gasteiger partial charge in [0.05, 0.1) is 6.61 Å². The standard InChI is InChI=1S/C14H19NO3/c1-5-8-12(6-2)9-10-14(4,18-11-15)13(16)17-7-3/h5-6,8H,1-2,7,9-10H2,3-4H3/b12-8+. The number of carbonyl (C=O) groups excluding carboxylic acids is 1. The average Bonchev–Trinajstić information content (AvgIpc) is 2.35. The highest BCUT2D eigenvalue weighted by Crippen LogP contribution is 2.22. The number of esters is 1. The van der Waals surface area contributed by atoms with Gasteiger partial charge in [-0.25, -0.2) is 4.79 Å². The molecule has 1 unspecified atom stereocenters. The van der Waals surface area contributed by atoms with Gasteiger partial charge in [-0.3, -0.25) is 0 Å². The SMILES string of the molecule is C=C/C=C(\C=C)CCC(C)(OC#N)C(=O)OCC. The highest BCUT2D eigenvalue weighted by molar-refractivity contribution is 5.79. The van der Waals surface area contributed by atoms with Crippen LogP contribution in [0.15, 0.2) is 37.0 Å². The van der Waals surface area contributed by atoms with Crippen LogP contribution >= 0.6 is 0 Å². The summed E-state index contributed by atoms with van der Waals surface area (Å²) in [5.41, 5.74) is -0.337. The van der Waals surface area contributed by atoms with E-state index in [1.54, 1.807) is 38.3 Å². The second-order valence-corrected chi connectivity index (χ2v) is 3.83. The summed E-state index contributed by atoms with van der Waals surface area (Å²) in [7, 11) is 0. The van der Waals surface area contributed by atoms with Crippen LogP contribution in [0.5, 0.6) is 0 Å². The molecular weight excluding hydrogens is 230 g/mol. The van der Waals surface area contributed by atoms with E-state index >= 15 is 0 Å². The van der Waals surface area contributed by atoms with Gasteiger partial charge in [0.25, 0.3) is 6.26 Å². The molecule has 0 amide bonds. The molecular formula is C14H19NO3. The Labute approximate surface area is 108 Å². The maximum atomic E-state index is 11.7. The minimum absolute atomic E-state index is 0.250. The maximum absolute atomic E-state index is 11.7. The van der Waals surface area contributed by atoms with E-state index in [-0.39, 0.29) is 6.61 Å². The van der Waals surface area contributed by atoms with E-state index in [1.807, 2.05) is 0 Å². The molecule has 0 N–H and O–H groups in total. The lowest BCUT2D eigenvalue weighted by atomic mass is 9.96. The molecule has 0 aromatic heterocycles. The quantitative estimate of drug-likeness (QED) is 0.377. The van der Waals surface area contributed by atoms with Crippen LogP contribution in [0, 0.1) is 11.5 Å². The van der Waals surface area contributed by atoms with E-state index in [4.69, 9.17) is 14.7 Å². The fraction of sp³-hybridized carbons (Fsp3) is 0.429. The van der Waals surface area contributed by atoms with Gasteiger partial charge in [-0.05, 0) is 25.8 Å². The van der Waals surface area contributed by atoms with Gasteiger partial charge < -0.3 is 9.47 Å². The van der Waals surface area contributed by atoms with Crippen LogP contribution in [-0.4, -0.2) is 18.2 Å². The van der Waals surface area contributed by atoms with Crippen molar-refractivity contribution in [3.63, 3.8) is 0 Å². The fourth-order valence-electron chi connectivity index (χ4n) is 1.37. The second kappa shape index (κ2) is 8.13. The number of allylic oxidation sites excluding steroid dienone is 4. The Bertz CT molecular complexity index is 379. The lowest BCUT2D eigenvalue weighted by molar-refractivity contribution is -0.163. The lowest BCUT2D eigenvalue weighted by Crippen LogP contribution is -2.39. The molecule has 0 aliphatic carbocycles. The summed E-state index contributed by atoms with van der Waals surface area (Å²) in [6.07, 6.45) is 7.56. The molecule has 4 nitrogen and oxygen atoms in total. The first-order valence-corrected chi connectivity index (χ1v) is 5.72. The first kappa shape index (κ1) is 16.0. The molecule has 0 radical (unpaired) electrons. The largest absolute Gasteiger partial charge is 0.463 e. The van der Waals surface area contributed by atoms with Crippen LogP contribution in [0.25, 0.3) is 0 Å². The predicted molar refractivity (Wildman–Crippen MR) is 69.4 cm³/mol. The summed E-state index contributed by atoms with van der Waals surface area (Å²) in [4.78, 5) is 11.7. The molecule has 4 heteroatoms. The van der Waals surface area contributed by atoms with E-state index in [0.29, 0.717) is 12.8 Å². The van der Waals surface area contributed by atoms with E-state index in [9.17, 15) is 4.79 Å². The van der Waals surface area contributed by atoms with Crippen LogP contribution in [-0.2, 0) is 14.3 Å². The van der Waals surface area contributed by atoms with Crippen molar-refractivity contribution >= 4 is 5.97 Å². The molecule has 18 heavy (non-hydrogen) atoms. The molecule has 1 atom stereocenters. The Morgan fingerprint density at radius 3 is 2.61 bits per heavy atom. The highest BCUT2D eigenvalue weighted by Gasteiger charge is 2.37. The zero-order valence-electron chi connectivity index (χ0n) is 10.9. The van der Waals surface area contributed by atoms with Crippen molar-refractivity contribution < 1.29 is 14.3 Å². The molecule has 0 saturated heterocycles. The third-order valence-electron chi connectivity index (χ3n) is 2.46. The predicted octanol–water partition coefficient (Wildman–Crippen LogP) is 2.88. The molecule has 0 rings (SSSR count). The summed E-state index contributed by atoms with van der Waals surface area (Å²) in [5.74, 6) is -0.534. The molecule has 0 aliphatic rings. The first-order chi connectivity index (χ1) is 8.53. The van der Waals surface area contributed by atoms with Crippen molar-refractivity contribution in [2.45, 2.75) is 32.3 Å². The summed E-state index contributed by atoms with van der Waals surface area (Å²) in [6.45, 7) is 10.8. The second-order valence-electron chi connectivity index (χ2n) is 3.83. The molecule has 0 bridgehead atoms. The number of rotatable bonds is 8. The van der Waals surface area contributed by atoms with Crippen LogP contribution in [0.4, 0.5) is 0 Å². The highest BCUT2D eigenvalue weighted by atomic mass is 16.6. The number of hydrogen-bond donors (Lipinski definition) is 0. The monoisotopic (exact) mass is 249 g/mol. The lowest BCUT2D eigenvalue weighted by Gasteiger charge is -2.24. The molecule has 0 aliphatic heterocycles. The molecule has 98 valence electrons. The molecule has 0 aromatic rings. The first-order valence-electron chi connectivity index (χ1n) is 5.72. The van der Waals surface area contributed by atoms with Crippen molar-refractivity contribution in [3.8, 4) is 6.26 Å². The van der Waals surface area contributed by atoms with Gasteiger partial charge in [0.15, 0.2) is 0 Å². The Balaban J connectivity index is 4.77. The Hall–Kier alpha value is -2.02. The van der Waals surface area contributed by atoms with Crippen LogP contribution in [0.3, 0.4) is 0 Å². The zero-order valence-corrected chi connectivity index (χ0v) is 10.9. The number of hydrogen-bond acceptors (Lipinski definition) is 4. The van der Waals surface area contributed by atoms with Gasteiger partial charge in [0.2, 0.25) is 5.60 Å². The van der Waals surface area contributed by atoms with Crippen LogP contribution in [0.2, 0.25) is 0 Å². The number of carbonyl (C=O) groups is 1. The molecule has 0 saturated carbocycles. The topological polar surface area (TPSA) is 59.3 Å². The summed E-state index contributed by atoms with van der Waals surface area (Å²) in [6, 6.07) is 0. The van der Waals surface area contributed by atoms with Gasteiger partial charge in [0, 0.05) is 6.42 Å². The molecule has 0 aromatic carbocycles. The van der Waals surface area contributed by atoms with E-state index in [0.717, 1.165) is 5.57 Å². The third-order valence-corrected chi connectivity index (χ3v) is 2.46. The molecule has 0 heterocycles. The number of ether oxygens (including phenoxy) is 2. The summed E-state index contributed by atoms with van der Waals surface area (Å²) >= 11 is 0. The van der Waals surface area contributed by atoms with Gasteiger partial charge in [-0.15, -0.1) is 0 Å². The van der Waals surface area contributed by atoms with E-state index < -0.39 is 11.6 Å². The van der Waals surface area contributed by atoms with Crippen LogP contribution < -0.4 is 0 Å².